The molecule has 0 spiro atoms. The van der Waals surface area contributed by atoms with Crippen molar-refractivity contribution in [2.24, 2.45) is 0 Å². The summed E-state index contributed by atoms with van der Waals surface area (Å²) in [6.45, 7) is 7.11. The fourth-order valence-electron chi connectivity index (χ4n) is 3.82. The van der Waals surface area contributed by atoms with Crippen molar-refractivity contribution in [2.45, 2.75) is 13.8 Å². The van der Waals surface area contributed by atoms with Gasteiger partial charge < -0.3 is 20.1 Å². The molecule has 1 aliphatic rings. The second-order valence-electron chi connectivity index (χ2n) is 7.12. The molecule has 1 saturated heterocycles. The number of fused-ring (bicyclic) bond motifs is 1. The predicted octanol–water partition coefficient (Wildman–Crippen LogP) is 3.81. The quantitative estimate of drug-likeness (QED) is 0.682. The molecular weight excluding hydrogens is 366 g/mol. The van der Waals surface area contributed by atoms with Crippen molar-refractivity contribution >= 4 is 28.4 Å². The largest absolute Gasteiger partial charge is 0.462 e. The van der Waals surface area contributed by atoms with Gasteiger partial charge in [-0.05, 0) is 54.8 Å². The number of aryl methyl sites for hydroxylation is 1. The van der Waals surface area contributed by atoms with Crippen LogP contribution in [0.4, 0.5) is 11.5 Å². The van der Waals surface area contributed by atoms with Gasteiger partial charge in [0, 0.05) is 18.5 Å². The van der Waals surface area contributed by atoms with Crippen LogP contribution in [0.1, 0.15) is 22.8 Å². The van der Waals surface area contributed by atoms with Gasteiger partial charge in [0.15, 0.2) is 0 Å². The highest BCUT2D eigenvalue weighted by atomic mass is 16.5. The Morgan fingerprint density at radius 2 is 2.00 bits per heavy atom. The molecule has 1 fully saturated rings. The average molecular weight is 391 g/mol. The van der Waals surface area contributed by atoms with Crippen LogP contribution in [0.5, 0.6) is 0 Å². The zero-order chi connectivity index (χ0) is 20.4. The Morgan fingerprint density at radius 1 is 1.21 bits per heavy atom. The van der Waals surface area contributed by atoms with E-state index in [0.29, 0.717) is 31.2 Å². The monoisotopic (exact) mass is 391 g/mol. The van der Waals surface area contributed by atoms with Gasteiger partial charge in [0.05, 0.1) is 36.6 Å². The number of benzene rings is 2. The van der Waals surface area contributed by atoms with Gasteiger partial charge in [-0.25, -0.2) is 9.78 Å². The molecule has 0 radical (unpaired) electrons. The summed E-state index contributed by atoms with van der Waals surface area (Å²) in [5.41, 5.74) is 11.4. The minimum absolute atomic E-state index is 0.310. The zero-order valence-electron chi connectivity index (χ0n) is 16.8. The maximum atomic E-state index is 12.5. The summed E-state index contributed by atoms with van der Waals surface area (Å²) in [4.78, 5) is 19.3. The van der Waals surface area contributed by atoms with Crippen molar-refractivity contribution < 1.29 is 14.3 Å². The second-order valence-corrected chi connectivity index (χ2v) is 7.12. The molecule has 0 amide bonds. The predicted molar refractivity (Wildman–Crippen MR) is 115 cm³/mol. The number of pyridine rings is 1. The van der Waals surface area contributed by atoms with Gasteiger partial charge in [-0.1, -0.05) is 18.2 Å². The molecule has 0 atom stereocenters. The number of carbonyl (C=O) groups is 1. The molecule has 0 unspecified atom stereocenters. The molecule has 3 aromatic rings. The van der Waals surface area contributed by atoms with Gasteiger partial charge in [-0.15, -0.1) is 0 Å². The Balaban J connectivity index is 1.82. The molecule has 2 aromatic carbocycles. The maximum absolute atomic E-state index is 12.5. The third-order valence-corrected chi connectivity index (χ3v) is 5.23. The number of nitrogens with zero attached hydrogens (tertiary/aromatic N) is 2. The number of nitrogens with two attached hydrogens (primary N) is 1. The smallest absolute Gasteiger partial charge is 0.338 e. The van der Waals surface area contributed by atoms with Crippen molar-refractivity contribution in [3.05, 3.63) is 53.6 Å². The third kappa shape index (κ3) is 3.76. The summed E-state index contributed by atoms with van der Waals surface area (Å²) in [5.74, 6) is 0.214. The van der Waals surface area contributed by atoms with E-state index in [1.807, 2.05) is 44.2 Å². The van der Waals surface area contributed by atoms with Crippen molar-refractivity contribution in [3.63, 3.8) is 0 Å². The van der Waals surface area contributed by atoms with Crippen LogP contribution in [-0.4, -0.2) is 43.9 Å². The molecule has 0 bridgehead atoms. The summed E-state index contributed by atoms with van der Waals surface area (Å²) < 4.78 is 10.7. The number of carbonyl (C=O) groups excluding carboxylic acids is 1. The van der Waals surface area contributed by atoms with Gasteiger partial charge in [0.1, 0.15) is 5.82 Å². The zero-order valence-corrected chi connectivity index (χ0v) is 16.8. The van der Waals surface area contributed by atoms with Crippen LogP contribution in [0.15, 0.2) is 42.5 Å². The molecule has 6 nitrogen and oxygen atoms in total. The lowest BCUT2D eigenvalue weighted by atomic mass is 9.94. The Kier molecular flexibility index (Phi) is 5.36. The minimum Gasteiger partial charge on any atom is -0.462 e. The lowest BCUT2D eigenvalue weighted by molar-refractivity contribution is 0.0527. The van der Waals surface area contributed by atoms with Crippen molar-refractivity contribution in [1.29, 1.82) is 0 Å². The summed E-state index contributed by atoms with van der Waals surface area (Å²) in [6.07, 6.45) is 0. The summed E-state index contributed by atoms with van der Waals surface area (Å²) in [7, 11) is 0. The highest BCUT2D eigenvalue weighted by Gasteiger charge is 2.18. The molecule has 29 heavy (non-hydrogen) atoms. The molecule has 1 aliphatic heterocycles. The fraction of sp³-hybridized carbons (Fsp3) is 0.304. The molecule has 150 valence electrons. The van der Waals surface area contributed by atoms with Crippen molar-refractivity contribution in [3.8, 4) is 11.1 Å². The number of hydrogen-bond acceptors (Lipinski definition) is 6. The van der Waals surface area contributed by atoms with Crippen molar-refractivity contribution in [1.82, 2.24) is 4.98 Å². The van der Waals surface area contributed by atoms with Gasteiger partial charge >= 0.3 is 5.97 Å². The van der Waals surface area contributed by atoms with E-state index < -0.39 is 0 Å². The van der Waals surface area contributed by atoms with E-state index in [-0.39, 0.29) is 5.97 Å². The number of anilines is 2. The van der Waals surface area contributed by atoms with Crippen LogP contribution in [0.3, 0.4) is 0 Å². The Bertz CT molecular complexity index is 1060. The van der Waals surface area contributed by atoms with E-state index >= 15 is 0 Å². The number of aromatic nitrogens is 1. The lowest BCUT2D eigenvalue weighted by Crippen LogP contribution is -2.36. The summed E-state index contributed by atoms with van der Waals surface area (Å²) >= 11 is 0. The average Bonchev–Trinajstić information content (AvgIpc) is 2.73. The normalized spacial score (nSPS) is 14.2. The van der Waals surface area contributed by atoms with Gasteiger partial charge in [0.25, 0.3) is 0 Å². The first-order valence-electron chi connectivity index (χ1n) is 9.88. The van der Waals surface area contributed by atoms with E-state index in [2.05, 4.69) is 22.0 Å². The standard InChI is InChI=1S/C23H25N3O3/c1-3-29-23(27)18-6-4-5-15(2)21(18)16-7-8-19-17(13-16)14-20(22(24)25-19)26-9-11-28-12-10-26/h4-8,13-14H,3,9-12H2,1-2H3,(H2,24,25). The number of morpholine rings is 1. The van der Waals surface area contributed by atoms with Crippen molar-refractivity contribution in [2.75, 3.05) is 43.5 Å². The number of esters is 1. The topological polar surface area (TPSA) is 77.7 Å². The fourth-order valence-corrected chi connectivity index (χ4v) is 3.82. The van der Waals surface area contributed by atoms with Gasteiger partial charge in [0.2, 0.25) is 0 Å². The minimum atomic E-state index is -0.310. The Morgan fingerprint density at radius 3 is 2.76 bits per heavy atom. The number of rotatable bonds is 4. The molecule has 2 N–H and O–H groups in total. The van der Waals surface area contributed by atoms with E-state index in [9.17, 15) is 4.79 Å². The van der Waals surface area contributed by atoms with Crippen LogP contribution in [0, 0.1) is 6.92 Å². The van der Waals surface area contributed by atoms with E-state index in [0.717, 1.165) is 46.4 Å². The number of hydrogen-bond donors (Lipinski definition) is 1. The molecule has 4 rings (SSSR count). The Hall–Kier alpha value is -3.12. The van der Waals surface area contributed by atoms with E-state index in [4.69, 9.17) is 15.2 Å². The molecule has 2 heterocycles. The molecule has 0 aliphatic carbocycles. The summed E-state index contributed by atoms with van der Waals surface area (Å²) in [6, 6.07) is 13.8. The van der Waals surface area contributed by atoms with Gasteiger partial charge in [-0.3, -0.25) is 0 Å². The molecular formula is C23H25N3O3. The highest BCUT2D eigenvalue weighted by molar-refractivity contribution is 6.00. The first-order chi connectivity index (χ1) is 14.1. The van der Waals surface area contributed by atoms with Crippen LogP contribution in [-0.2, 0) is 9.47 Å². The SMILES string of the molecule is CCOC(=O)c1cccc(C)c1-c1ccc2nc(N)c(N3CCOCC3)cc2c1. The molecule has 1 aromatic heterocycles. The number of ether oxygens (including phenoxy) is 2. The molecule has 6 heteroatoms. The highest BCUT2D eigenvalue weighted by Crippen LogP contribution is 2.33. The van der Waals surface area contributed by atoms with Crippen LogP contribution in [0.2, 0.25) is 0 Å². The molecule has 0 saturated carbocycles. The first kappa shape index (κ1) is 19.2. The first-order valence-corrected chi connectivity index (χ1v) is 9.88. The van der Waals surface area contributed by atoms with Crippen LogP contribution in [0.25, 0.3) is 22.0 Å². The summed E-state index contributed by atoms with van der Waals surface area (Å²) in [5, 5.41) is 0.983. The maximum Gasteiger partial charge on any atom is 0.338 e. The van der Waals surface area contributed by atoms with E-state index in [1.165, 1.54) is 0 Å². The van der Waals surface area contributed by atoms with Gasteiger partial charge in [-0.2, -0.15) is 0 Å². The van der Waals surface area contributed by atoms with Crippen LogP contribution < -0.4 is 10.6 Å². The number of nitrogen functional groups attached to an aromatic ring is 1. The third-order valence-electron chi connectivity index (χ3n) is 5.23. The second kappa shape index (κ2) is 8.09. The van der Waals surface area contributed by atoms with E-state index in [1.54, 1.807) is 0 Å². The lowest BCUT2D eigenvalue weighted by Gasteiger charge is -2.29. The Labute approximate surface area is 170 Å². The van der Waals surface area contributed by atoms with Crippen LogP contribution >= 0.6 is 0 Å².